The summed E-state index contributed by atoms with van der Waals surface area (Å²) in [6.07, 6.45) is 0.328. The topological polar surface area (TPSA) is 197 Å². The van der Waals surface area contributed by atoms with E-state index < -0.39 is 30.0 Å². The minimum Gasteiger partial charge on any atom is -0.571 e. The number of aromatic hydroxyl groups is 1. The molecule has 0 aliphatic heterocycles. The molecule has 0 atom stereocenters. The zero-order valence-corrected chi connectivity index (χ0v) is 20.7. The van der Waals surface area contributed by atoms with Crippen molar-refractivity contribution in [3.63, 3.8) is 0 Å². The number of azo groups is 1. The van der Waals surface area contributed by atoms with Crippen LogP contribution in [-0.2, 0) is 37.3 Å². The molecule has 0 saturated carbocycles. The van der Waals surface area contributed by atoms with Crippen LogP contribution in [0.25, 0.3) is 5.43 Å². The predicted octanol–water partition coefficient (Wildman–Crippen LogP) is 4.15. The Hall–Kier alpha value is -3.46. The zero-order valence-electron chi connectivity index (χ0n) is 18.1. The number of carbonyl (C=O) groups is 1. The maximum absolute atomic E-state index is 11.5. The molecule has 0 aliphatic carbocycles. The van der Waals surface area contributed by atoms with E-state index in [1.807, 2.05) is 0 Å². The summed E-state index contributed by atoms with van der Waals surface area (Å²) in [5, 5.41) is 22.1. The van der Waals surface area contributed by atoms with E-state index in [0.29, 0.717) is 11.8 Å². The molecule has 36 heavy (non-hydrogen) atoms. The van der Waals surface area contributed by atoms with Gasteiger partial charge in [-0.3, -0.25) is 13.9 Å². The monoisotopic (exact) mass is 580 g/mol. The third-order valence-corrected chi connectivity index (χ3v) is 6.19. The molecule has 12 nitrogen and oxygen atoms in total. The summed E-state index contributed by atoms with van der Waals surface area (Å²) in [4.78, 5) is 10.4. The first-order chi connectivity index (χ1) is 16.4. The zero-order chi connectivity index (χ0) is 25.8. The van der Waals surface area contributed by atoms with Crippen molar-refractivity contribution in [2.24, 2.45) is 15.3 Å². The van der Waals surface area contributed by atoms with Crippen LogP contribution in [0.1, 0.15) is 21.5 Å². The van der Waals surface area contributed by atoms with Crippen molar-refractivity contribution in [2.45, 2.75) is 16.7 Å². The molecular formula is C21H17CuN4O8S2. The number of phenolic OH excluding ortho intramolecular Hbond substituents is 1. The molecule has 3 aromatic rings. The molecule has 0 fully saturated rings. The number of aryl methyl sites for hydroxylation is 1. The quantitative estimate of drug-likeness (QED) is 0.0703. The van der Waals surface area contributed by atoms with Crippen LogP contribution in [0.5, 0.6) is 5.75 Å². The van der Waals surface area contributed by atoms with Gasteiger partial charge in [0.25, 0.3) is 20.2 Å². The molecule has 0 spiro atoms. The summed E-state index contributed by atoms with van der Waals surface area (Å²) < 4.78 is 64.1. The van der Waals surface area contributed by atoms with E-state index >= 15 is 0 Å². The summed E-state index contributed by atoms with van der Waals surface area (Å²) >= 11 is 0. The van der Waals surface area contributed by atoms with E-state index in [9.17, 15) is 31.3 Å². The summed E-state index contributed by atoms with van der Waals surface area (Å²) in [6, 6.07) is 13.3. The first-order valence-corrected chi connectivity index (χ1v) is 12.4. The Balaban J connectivity index is 0.00000456. The van der Waals surface area contributed by atoms with Gasteiger partial charge in [0, 0.05) is 11.1 Å². The Kier molecular flexibility index (Phi) is 9.20. The molecule has 0 saturated heterocycles. The number of hydrogen-bond donors (Lipinski definition) is 3. The normalized spacial score (nSPS) is 12.2. The first-order valence-electron chi connectivity index (χ1n) is 9.54. The fraction of sp³-hybridized carbons (Fsp3) is 0.0476. The van der Waals surface area contributed by atoms with Gasteiger partial charge in [0.2, 0.25) is 0 Å². The molecule has 15 heteroatoms. The molecule has 3 N–H and O–H groups in total. The van der Waals surface area contributed by atoms with Crippen molar-refractivity contribution in [1.82, 2.24) is 0 Å². The Morgan fingerprint density at radius 2 is 1.56 bits per heavy atom. The molecule has 0 aromatic heterocycles. The molecule has 3 rings (SSSR count). The van der Waals surface area contributed by atoms with Crippen LogP contribution in [0.2, 0.25) is 0 Å². The van der Waals surface area contributed by atoms with Gasteiger partial charge in [0.1, 0.15) is 5.75 Å². The number of amidine groups is 1. The Bertz CT molecular complexity index is 1560. The maximum atomic E-state index is 11.5. The molecule has 0 aliphatic rings. The van der Waals surface area contributed by atoms with Crippen LogP contribution in [0, 0.1) is 6.92 Å². The smallest absolute Gasteiger partial charge is 0.571 e. The van der Waals surface area contributed by atoms with Crippen LogP contribution >= 0.6 is 0 Å². The number of aldehydes is 1. The SMILES string of the molecule is Cc1cc(S(=O)(=O)O)cc([N-]/N=C(\N=Nc2ccc(S(=O)(=O)O)cc2C=O)c2ccccc2)c1O.[Cu+]. The second-order valence-corrected chi connectivity index (χ2v) is 9.83. The van der Waals surface area contributed by atoms with E-state index in [1.165, 1.54) is 6.92 Å². The first kappa shape index (κ1) is 28.8. The standard InChI is InChI=1S/C21H18N4O8S2.Cu/c1-13-9-17(35(31,32)33)11-19(20(13)27)23-25-21(14-5-3-2-4-6-14)24-22-18-8-7-16(34(28,29)30)10-15(18)12-26;/h2-12H,1H3,(H4,22,23,24,25,26,27,28,29,30,31,32,33);/q;+1/p-1. The van der Waals surface area contributed by atoms with Gasteiger partial charge >= 0.3 is 17.1 Å². The van der Waals surface area contributed by atoms with Crippen molar-refractivity contribution in [2.75, 3.05) is 0 Å². The van der Waals surface area contributed by atoms with Gasteiger partial charge in [-0.25, -0.2) is 0 Å². The fourth-order valence-corrected chi connectivity index (χ4v) is 3.86. The largest absolute Gasteiger partial charge is 1.00 e. The van der Waals surface area contributed by atoms with Gasteiger partial charge in [-0.1, -0.05) is 42.1 Å². The molecule has 0 amide bonds. The van der Waals surface area contributed by atoms with E-state index in [2.05, 4.69) is 20.8 Å². The van der Waals surface area contributed by atoms with E-state index in [-0.39, 0.29) is 51.2 Å². The minimum atomic E-state index is -4.58. The van der Waals surface area contributed by atoms with E-state index in [4.69, 9.17) is 4.55 Å². The van der Waals surface area contributed by atoms with E-state index in [0.717, 1.165) is 30.3 Å². The fourth-order valence-electron chi connectivity index (χ4n) is 2.76. The van der Waals surface area contributed by atoms with Gasteiger partial charge in [-0.05, 0) is 36.8 Å². The molecule has 192 valence electrons. The van der Waals surface area contributed by atoms with Crippen LogP contribution in [-0.4, -0.2) is 43.2 Å². The summed E-state index contributed by atoms with van der Waals surface area (Å²) in [6.45, 7) is 1.40. The molecule has 0 heterocycles. The number of rotatable bonds is 7. The average Bonchev–Trinajstić information content (AvgIpc) is 2.80. The van der Waals surface area contributed by atoms with Gasteiger partial charge < -0.3 is 15.6 Å². The average molecular weight is 581 g/mol. The molecule has 3 aromatic carbocycles. The molecule has 0 unspecified atom stereocenters. The Morgan fingerprint density at radius 1 is 0.917 bits per heavy atom. The number of hydrogen-bond acceptors (Lipinski definition) is 8. The van der Waals surface area contributed by atoms with Gasteiger partial charge in [0.15, 0.2) is 12.1 Å². The number of carbonyl (C=O) groups excluding carboxylic acids is 1. The van der Waals surface area contributed by atoms with Gasteiger partial charge in [-0.2, -0.15) is 16.8 Å². The second kappa shape index (κ2) is 11.5. The predicted molar refractivity (Wildman–Crippen MR) is 125 cm³/mol. The minimum absolute atomic E-state index is 0. The molecule has 0 radical (unpaired) electrons. The van der Waals surface area contributed by atoms with Crippen molar-refractivity contribution >= 4 is 43.7 Å². The number of benzene rings is 3. The Morgan fingerprint density at radius 3 is 2.14 bits per heavy atom. The van der Waals surface area contributed by atoms with Crippen molar-refractivity contribution in [3.8, 4) is 5.75 Å². The van der Waals surface area contributed by atoms with Crippen LogP contribution in [0.4, 0.5) is 11.4 Å². The number of nitrogens with zero attached hydrogens (tertiary/aromatic N) is 4. The van der Waals surface area contributed by atoms with Crippen LogP contribution in [0.3, 0.4) is 0 Å². The summed E-state index contributed by atoms with van der Waals surface area (Å²) in [5.41, 5.74) is 3.88. The maximum Gasteiger partial charge on any atom is 1.00 e. The number of phenols is 1. The van der Waals surface area contributed by atoms with Crippen molar-refractivity contribution < 1.29 is 52.9 Å². The molecule has 0 bridgehead atoms. The van der Waals surface area contributed by atoms with E-state index in [1.54, 1.807) is 30.3 Å². The van der Waals surface area contributed by atoms with Crippen LogP contribution in [0.15, 0.2) is 85.8 Å². The summed E-state index contributed by atoms with van der Waals surface area (Å²) in [5.74, 6) is -0.495. The summed E-state index contributed by atoms with van der Waals surface area (Å²) in [7, 11) is -9.12. The van der Waals surface area contributed by atoms with Gasteiger partial charge in [0.05, 0.1) is 15.5 Å². The third kappa shape index (κ3) is 7.04. The second-order valence-electron chi connectivity index (χ2n) is 6.99. The van der Waals surface area contributed by atoms with Crippen molar-refractivity contribution in [3.05, 3.63) is 82.8 Å². The Labute approximate surface area is 216 Å². The van der Waals surface area contributed by atoms with Gasteiger partial charge in [-0.15, -0.1) is 10.2 Å². The molecular weight excluding hydrogens is 564 g/mol. The third-order valence-electron chi connectivity index (χ3n) is 4.51. The van der Waals surface area contributed by atoms with Crippen LogP contribution < -0.4 is 0 Å². The van der Waals surface area contributed by atoms with Crippen molar-refractivity contribution in [1.29, 1.82) is 0 Å².